The van der Waals surface area contributed by atoms with E-state index in [2.05, 4.69) is 59.9 Å². The molecular weight excluding hydrogens is 304 g/mol. The maximum absolute atomic E-state index is 4.31. The van der Waals surface area contributed by atoms with E-state index in [0.717, 1.165) is 0 Å². The minimum atomic E-state index is 0.573. The van der Waals surface area contributed by atoms with Gasteiger partial charge in [0.2, 0.25) is 0 Å². The van der Waals surface area contributed by atoms with E-state index in [-0.39, 0.29) is 0 Å². The summed E-state index contributed by atoms with van der Waals surface area (Å²) >= 11 is 0. The normalized spacial score (nSPS) is 13.7. The quantitative estimate of drug-likeness (QED) is 0.365. The number of unbranched alkanes of at least 4 members (excludes halogenated alkanes) is 5. The number of imidazole rings is 1. The third-order valence-electron chi connectivity index (χ3n) is 5.31. The van der Waals surface area contributed by atoms with Gasteiger partial charge in [0, 0.05) is 18.4 Å². The second-order valence-corrected chi connectivity index (χ2v) is 7.37. The van der Waals surface area contributed by atoms with Crippen molar-refractivity contribution in [3.05, 3.63) is 54.6 Å². The van der Waals surface area contributed by atoms with Crippen LogP contribution in [-0.2, 0) is 6.42 Å². The van der Waals surface area contributed by atoms with Gasteiger partial charge in [-0.1, -0.05) is 89.1 Å². The van der Waals surface area contributed by atoms with Crippen LogP contribution >= 0.6 is 0 Å². The van der Waals surface area contributed by atoms with E-state index in [1.165, 1.54) is 69.8 Å². The Morgan fingerprint density at radius 1 is 0.880 bits per heavy atom. The van der Waals surface area contributed by atoms with Gasteiger partial charge in [-0.3, -0.25) is 0 Å². The van der Waals surface area contributed by atoms with Crippen molar-refractivity contribution < 1.29 is 0 Å². The largest absolute Gasteiger partial charge is 0.334 e. The summed E-state index contributed by atoms with van der Waals surface area (Å²) in [5, 5.41) is 0. The fourth-order valence-electron chi connectivity index (χ4n) is 3.92. The molecule has 0 radical (unpaired) electrons. The Bertz CT molecular complexity index is 532. The predicted octanol–water partition coefficient (Wildman–Crippen LogP) is 6.83. The predicted molar refractivity (Wildman–Crippen MR) is 108 cm³/mol. The van der Waals surface area contributed by atoms with Gasteiger partial charge < -0.3 is 4.57 Å². The van der Waals surface area contributed by atoms with Crippen molar-refractivity contribution in [3.8, 4) is 0 Å². The molecule has 2 heteroatoms. The first-order valence-corrected chi connectivity index (χ1v) is 10.4. The van der Waals surface area contributed by atoms with Crippen LogP contribution in [0.25, 0.3) is 0 Å². The van der Waals surface area contributed by atoms with E-state index in [0.29, 0.717) is 12.0 Å². The molecule has 2 nitrogen and oxygen atoms in total. The fourth-order valence-corrected chi connectivity index (χ4v) is 3.92. The molecule has 2 aromatic rings. The van der Waals surface area contributed by atoms with Gasteiger partial charge in [-0.2, -0.15) is 0 Å². The van der Waals surface area contributed by atoms with Gasteiger partial charge in [-0.05, 0) is 30.7 Å². The number of hydrogen-bond acceptors (Lipinski definition) is 1. The van der Waals surface area contributed by atoms with Gasteiger partial charge in [0.15, 0.2) is 0 Å². The summed E-state index contributed by atoms with van der Waals surface area (Å²) in [4.78, 5) is 4.31. The Morgan fingerprint density at radius 3 is 2.32 bits per heavy atom. The maximum atomic E-state index is 4.31. The van der Waals surface area contributed by atoms with Crippen molar-refractivity contribution in [2.45, 2.75) is 84.1 Å². The van der Waals surface area contributed by atoms with Gasteiger partial charge >= 0.3 is 0 Å². The van der Waals surface area contributed by atoms with Crippen molar-refractivity contribution >= 4 is 0 Å². The number of benzene rings is 1. The van der Waals surface area contributed by atoms with Gasteiger partial charge in [0.05, 0.1) is 6.33 Å². The summed E-state index contributed by atoms with van der Waals surface area (Å²) in [6, 6.07) is 11.6. The van der Waals surface area contributed by atoms with Crippen molar-refractivity contribution in [1.29, 1.82) is 0 Å². The Hall–Kier alpha value is -1.57. The van der Waals surface area contributed by atoms with Crippen molar-refractivity contribution in [1.82, 2.24) is 9.55 Å². The molecule has 1 aromatic heterocycles. The second-order valence-electron chi connectivity index (χ2n) is 7.37. The molecule has 0 N–H and O–H groups in total. The van der Waals surface area contributed by atoms with Crippen LogP contribution in [0.4, 0.5) is 0 Å². The molecule has 0 aliphatic heterocycles. The molecule has 0 aliphatic carbocycles. The zero-order valence-corrected chi connectivity index (χ0v) is 16.2. The van der Waals surface area contributed by atoms with Crippen LogP contribution in [0.2, 0.25) is 0 Å². The van der Waals surface area contributed by atoms with Gasteiger partial charge in [-0.25, -0.2) is 4.98 Å². The zero-order valence-electron chi connectivity index (χ0n) is 16.2. The highest BCUT2D eigenvalue weighted by Gasteiger charge is 2.22. The van der Waals surface area contributed by atoms with E-state index >= 15 is 0 Å². The molecule has 25 heavy (non-hydrogen) atoms. The minimum Gasteiger partial charge on any atom is -0.334 e. The monoisotopic (exact) mass is 340 g/mol. The van der Waals surface area contributed by atoms with E-state index in [1.807, 2.05) is 12.5 Å². The molecule has 2 atom stereocenters. The summed E-state index contributed by atoms with van der Waals surface area (Å²) in [7, 11) is 0. The van der Waals surface area contributed by atoms with Crippen LogP contribution in [0.3, 0.4) is 0 Å². The summed E-state index contributed by atoms with van der Waals surface area (Å²) < 4.78 is 2.36. The number of hydrogen-bond donors (Lipinski definition) is 0. The topological polar surface area (TPSA) is 17.8 Å². The Kier molecular flexibility index (Phi) is 9.40. The Labute approximate surface area is 154 Å². The SMILES string of the molecule is CCCCCCCCC(Cc1ccccc1)C(CCC)n1ccnc1. The van der Waals surface area contributed by atoms with E-state index < -0.39 is 0 Å². The lowest BCUT2D eigenvalue weighted by molar-refractivity contribution is 0.280. The van der Waals surface area contributed by atoms with Crippen LogP contribution in [0, 0.1) is 5.92 Å². The molecule has 0 saturated carbocycles. The molecule has 0 amide bonds. The average molecular weight is 341 g/mol. The third-order valence-corrected chi connectivity index (χ3v) is 5.31. The summed E-state index contributed by atoms with van der Waals surface area (Å²) in [5.41, 5.74) is 1.47. The minimum absolute atomic E-state index is 0.573. The van der Waals surface area contributed by atoms with Crippen LogP contribution in [-0.4, -0.2) is 9.55 Å². The lowest BCUT2D eigenvalue weighted by Gasteiger charge is -2.28. The van der Waals surface area contributed by atoms with E-state index in [9.17, 15) is 0 Å². The van der Waals surface area contributed by atoms with Crippen molar-refractivity contribution in [3.63, 3.8) is 0 Å². The Balaban J connectivity index is 1.99. The third kappa shape index (κ3) is 7.05. The lowest BCUT2D eigenvalue weighted by atomic mass is 9.85. The van der Waals surface area contributed by atoms with E-state index in [1.54, 1.807) is 0 Å². The highest BCUT2D eigenvalue weighted by atomic mass is 15.1. The summed E-state index contributed by atoms with van der Waals surface area (Å²) in [6.07, 6.45) is 19.3. The summed E-state index contributed by atoms with van der Waals surface area (Å²) in [5.74, 6) is 0.697. The molecule has 0 spiro atoms. The molecule has 138 valence electrons. The van der Waals surface area contributed by atoms with Crippen molar-refractivity contribution in [2.24, 2.45) is 5.92 Å². The summed E-state index contributed by atoms with van der Waals surface area (Å²) in [6.45, 7) is 4.59. The zero-order chi connectivity index (χ0) is 17.7. The molecule has 0 aliphatic rings. The fraction of sp³-hybridized carbons (Fsp3) is 0.609. The molecule has 0 saturated heterocycles. The highest BCUT2D eigenvalue weighted by Crippen LogP contribution is 2.31. The van der Waals surface area contributed by atoms with Crippen LogP contribution in [0.1, 0.15) is 83.2 Å². The van der Waals surface area contributed by atoms with Gasteiger partial charge in [-0.15, -0.1) is 0 Å². The molecule has 2 unspecified atom stereocenters. The second kappa shape index (κ2) is 11.9. The molecule has 1 aromatic carbocycles. The lowest BCUT2D eigenvalue weighted by Crippen LogP contribution is -2.21. The first-order chi connectivity index (χ1) is 12.3. The molecule has 0 bridgehead atoms. The first-order valence-electron chi connectivity index (χ1n) is 10.4. The van der Waals surface area contributed by atoms with E-state index in [4.69, 9.17) is 0 Å². The van der Waals surface area contributed by atoms with Gasteiger partial charge in [0.1, 0.15) is 0 Å². The highest BCUT2D eigenvalue weighted by molar-refractivity contribution is 5.15. The molecule has 2 rings (SSSR count). The number of nitrogens with zero attached hydrogens (tertiary/aromatic N) is 2. The van der Waals surface area contributed by atoms with Crippen LogP contribution in [0.15, 0.2) is 49.1 Å². The number of aromatic nitrogens is 2. The standard InChI is InChI=1S/C23H36N2/c1-3-5-6-7-8-12-16-22(19-21-14-10-9-11-15-21)23(13-4-2)25-18-17-24-20-25/h9-11,14-15,17-18,20,22-23H,3-8,12-13,16,19H2,1-2H3. The van der Waals surface area contributed by atoms with Crippen molar-refractivity contribution in [2.75, 3.05) is 0 Å². The van der Waals surface area contributed by atoms with Crippen LogP contribution < -0.4 is 0 Å². The number of rotatable bonds is 13. The average Bonchev–Trinajstić information content (AvgIpc) is 3.17. The molecular formula is C23H36N2. The smallest absolute Gasteiger partial charge is 0.0948 e. The first kappa shape index (κ1) is 19.8. The molecule has 1 heterocycles. The van der Waals surface area contributed by atoms with Gasteiger partial charge in [0.25, 0.3) is 0 Å². The maximum Gasteiger partial charge on any atom is 0.0948 e. The Morgan fingerprint density at radius 2 is 1.64 bits per heavy atom. The molecule has 0 fully saturated rings. The van der Waals surface area contributed by atoms with Crippen LogP contribution in [0.5, 0.6) is 0 Å².